The molecule has 0 aliphatic heterocycles. The third-order valence-corrected chi connectivity index (χ3v) is 4.36. The predicted molar refractivity (Wildman–Crippen MR) is 123 cm³/mol. The maximum Gasteiger partial charge on any atom is 0.387 e. The average Bonchev–Trinajstić information content (AvgIpc) is 2.63. The van der Waals surface area contributed by atoms with E-state index in [9.17, 15) is 17.2 Å². The Hall–Kier alpha value is -1.41. The summed E-state index contributed by atoms with van der Waals surface area (Å²) in [5.74, 6) is 0.624. The van der Waals surface area contributed by atoms with Crippen molar-refractivity contribution in [2.75, 3.05) is 44.9 Å². The van der Waals surface area contributed by atoms with E-state index in [2.05, 4.69) is 20.4 Å². The Kier molecular flexibility index (Phi) is 14.7. The minimum Gasteiger partial charge on any atom is -0.490 e. The highest BCUT2D eigenvalue weighted by atomic mass is 127. The Morgan fingerprint density at radius 2 is 1.93 bits per heavy atom. The topological polar surface area (TPSA) is 98.2 Å². The van der Waals surface area contributed by atoms with E-state index in [0.717, 1.165) is 6.26 Å². The van der Waals surface area contributed by atoms with E-state index in [1.54, 1.807) is 25.1 Å². The van der Waals surface area contributed by atoms with Crippen LogP contribution in [0.15, 0.2) is 23.2 Å². The van der Waals surface area contributed by atoms with Gasteiger partial charge in [0.25, 0.3) is 0 Å². The normalized spacial score (nSPS) is 11.7. The molecule has 0 radical (unpaired) electrons. The summed E-state index contributed by atoms with van der Waals surface area (Å²) >= 11 is 0. The molecule has 0 atom stereocenters. The van der Waals surface area contributed by atoms with Crippen LogP contribution in [0.3, 0.4) is 0 Å². The molecule has 1 aromatic rings. The highest BCUT2D eigenvalue weighted by Crippen LogP contribution is 2.33. The van der Waals surface area contributed by atoms with Crippen LogP contribution < -0.4 is 20.1 Å². The summed E-state index contributed by atoms with van der Waals surface area (Å²) in [7, 11) is -3.05. The lowest BCUT2D eigenvalue weighted by atomic mass is 10.2. The first-order valence-corrected chi connectivity index (χ1v) is 11.3. The smallest absolute Gasteiger partial charge is 0.387 e. The van der Waals surface area contributed by atoms with E-state index in [4.69, 9.17) is 9.47 Å². The van der Waals surface area contributed by atoms with Gasteiger partial charge in [-0.2, -0.15) is 8.78 Å². The van der Waals surface area contributed by atoms with Gasteiger partial charge in [0, 0.05) is 24.9 Å². The molecular weight excluding hydrogens is 535 g/mol. The Bertz CT molecular complexity index is 751. The predicted octanol–water partition coefficient (Wildman–Crippen LogP) is 2.42. The minimum atomic E-state index is -3.05. The lowest BCUT2D eigenvalue weighted by Crippen LogP contribution is -2.39. The summed E-state index contributed by atoms with van der Waals surface area (Å²) in [6.45, 7) is 2.47. The van der Waals surface area contributed by atoms with Gasteiger partial charge in [-0.1, -0.05) is 12.1 Å². The molecule has 0 bridgehead atoms. The molecule has 0 fully saturated rings. The molecule has 12 heteroatoms. The van der Waals surface area contributed by atoms with Crippen LogP contribution in [0.2, 0.25) is 0 Å². The number of ether oxygens (including phenoxy) is 3. The van der Waals surface area contributed by atoms with Gasteiger partial charge in [0.05, 0.1) is 32.1 Å². The van der Waals surface area contributed by atoms with Crippen molar-refractivity contribution in [2.24, 2.45) is 4.99 Å². The summed E-state index contributed by atoms with van der Waals surface area (Å²) in [5.41, 5.74) is 0.456. The number of hydrogen-bond acceptors (Lipinski definition) is 6. The quantitative estimate of drug-likeness (QED) is 0.164. The standard InChI is InChI=1S/C18H29F2N3O5S.HI/c1-4-21-18(22-9-10-26-11-12-29(3,24)25)23-13-14-7-6-8-15(27-5-2)16(14)28-17(19)20;/h6-8,17H,4-5,9-13H2,1-3H3,(H2,21,22,23);1H. The van der Waals surface area contributed by atoms with Gasteiger partial charge in [-0.15, -0.1) is 24.0 Å². The zero-order valence-corrected chi connectivity index (χ0v) is 20.5. The van der Waals surface area contributed by atoms with E-state index in [-0.39, 0.29) is 54.4 Å². The van der Waals surface area contributed by atoms with Crippen molar-refractivity contribution in [3.05, 3.63) is 23.8 Å². The molecule has 8 nitrogen and oxygen atoms in total. The van der Waals surface area contributed by atoms with Gasteiger partial charge < -0.3 is 24.8 Å². The third kappa shape index (κ3) is 12.3. The molecule has 0 aliphatic carbocycles. The molecule has 0 saturated carbocycles. The van der Waals surface area contributed by atoms with E-state index in [0.29, 0.717) is 37.8 Å². The number of benzene rings is 1. The lowest BCUT2D eigenvalue weighted by Gasteiger charge is -2.15. The van der Waals surface area contributed by atoms with Crippen LogP contribution in [0, 0.1) is 0 Å². The summed E-state index contributed by atoms with van der Waals surface area (Å²) in [5, 5.41) is 6.07. The highest BCUT2D eigenvalue weighted by molar-refractivity contribution is 14.0. The van der Waals surface area contributed by atoms with Crippen molar-refractivity contribution in [3.8, 4) is 11.5 Å². The Morgan fingerprint density at radius 1 is 1.20 bits per heavy atom. The van der Waals surface area contributed by atoms with Gasteiger partial charge in [0.2, 0.25) is 0 Å². The molecule has 30 heavy (non-hydrogen) atoms. The first-order valence-electron chi connectivity index (χ1n) is 9.24. The molecule has 0 aliphatic rings. The van der Waals surface area contributed by atoms with Gasteiger partial charge in [0.1, 0.15) is 9.84 Å². The lowest BCUT2D eigenvalue weighted by molar-refractivity contribution is -0.0520. The summed E-state index contributed by atoms with van der Waals surface area (Å²) in [6.07, 6.45) is 1.15. The molecule has 0 saturated heterocycles. The van der Waals surface area contributed by atoms with Crippen molar-refractivity contribution in [2.45, 2.75) is 27.0 Å². The minimum absolute atomic E-state index is 0. The zero-order valence-electron chi connectivity index (χ0n) is 17.3. The molecule has 0 unspecified atom stereocenters. The van der Waals surface area contributed by atoms with Crippen molar-refractivity contribution < 1.29 is 31.4 Å². The second-order valence-corrected chi connectivity index (χ2v) is 8.18. The van der Waals surface area contributed by atoms with Crippen molar-refractivity contribution in [3.63, 3.8) is 0 Å². The summed E-state index contributed by atoms with van der Waals surface area (Å²) in [6, 6.07) is 4.89. The fourth-order valence-electron chi connectivity index (χ4n) is 2.24. The van der Waals surface area contributed by atoms with Crippen LogP contribution in [-0.4, -0.2) is 65.9 Å². The van der Waals surface area contributed by atoms with Crippen LogP contribution in [0.5, 0.6) is 11.5 Å². The van der Waals surface area contributed by atoms with E-state index >= 15 is 0 Å². The second-order valence-electron chi connectivity index (χ2n) is 5.92. The SMILES string of the molecule is CCNC(=NCc1cccc(OCC)c1OC(F)F)NCCOCCS(C)(=O)=O.I. The molecule has 0 heterocycles. The van der Waals surface area contributed by atoms with Gasteiger partial charge in [0.15, 0.2) is 17.5 Å². The molecule has 1 aromatic carbocycles. The number of guanidine groups is 1. The Morgan fingerprint density at radius 3 is 2.53 bits per heavy atom. The molecular formula is C18H30F2IN3O5S. The van der Waals surface area contributed by atoms with E-state index in [1.165, 1.54) is 0 Å². The Balaban J connectivity index is 0.00000841. The number of aliphatic imine (C=N–C) groups is 1. The number of para-hydroxylation sites is 1. The van der Waals surface area contributed by atoms with E-state index < -0.39 is 16.4 Å². The fraction of sp³-hybridized carbons (Fsp3) is 0.611. The highest BCUT2D eigenvalue weighted by Gasteiger charge is 2.15. The van der Waals surface area contributed by atoms with Gasteiger partial charge in [-0.25, -0.2) is 13.4 Å². The molecule has 0 spiro atoms. The van der Waals surface area contributed by atoms with Crippen LogP contribution in [-0.2, 0) is 21.1 Å². The largest absolute Gasteiger partial charge is 0.490 e. The van der Waals surface area contributed by atoms with E-state index in [1.807, 2.05) is 6.92 Å². The summed E-state index contributed by atoms with van der Waals surface area (Å²) in [4.78, 5) is 4.37. The maximum atomic E-state index is 12.8. The average molecular weight is 565 g/mol. The van der Waals surface area contributed by atoms with Crippen molar-refractivity contribution >= 4 is 39.8 Å². The number of nitrogens with zero attached hydrogens (tertiary/aromatic N) is 1. The van der Waals surface area contributed by atoms with Crippen molar-refractivity contribution in [1.29, 1.82) is 0 Å². The number of halogens is 3. The fourth-order valence-corrected chi connectivity index (χ4v) is 2.66. The second kappa shape index (κ2) is 15.4. The number of rotatable bonds is 13. The zero-order chi connectivity index (χ0) is 21.7. The monoisotopic (exact) mass is 565 g/mol. The van der Waals surface area contributed by atoms with Gasteiger partial charge in [-0.05, 0) is 19.9 Å². The Labute approximate surface area is 193 Å². The number of sulfone groups is 1. The third-order valence-electron chi connectivity index (χ3n) is 3.46. The molecule has 174 valence electrons. The molecule has 0 amide bonds. The van der Waals surface area contributed by atoms with Gasteiger partial charge >= 0.3 is 6.61 Å². The first-order chi connectivity index (χ1) is 13.8. The molecule has 1 rings (SSSR count). The molecule has 2 N–H and O–H groups in total. The maximum absolute atomic E-state index is 12.8. The molecule has 0 aromatic heterocycles. The van der Waals surface area contributed by atoms with Crippen molar-refractivity contribution in [1.82, 2.24) is 10.6 Å². The van der Waals surface area contributed by atoms with Crippen LogP contribution >= 0.6 is 24.0 Å². The van der Waals surface area contributed by atoms with Gasteiger partial charge in [-0.3, -0.25) is 0 Å². The van der Waals surface area contributed by atoms with Crippen LogP contribution in [0.1, 0.15) is 19.4 Å². The number of hydrogen-bond donors (Lipinski definition) is 2. The summed E-state index contributed by atoms with van der Waals surface area (Å²) < 4.78 is 62.9. The first kappa shape index (κ1) is 28.6. The number of alkyl halides is 2. The number of nitrogens with one attached hydrogen (secondary N) is 2. The van der Waals surface area contributed by atoms with Crippen LogP contribution in [0.4, 0.5) is 8.78 Å². The van der Waals surface area contributed by atoms with Crippen LogP contribution in [0.25, 0.3) is 0 Å².